The second kappa shape index (κ2) is 10.5. The van der Waals surface area contributed by atoms with Crippen LogP contribution in [0.15, 0.2) is 91.4 Å². The van der Waals surface area contributed by atoms with E-state index < -0.39 is 0 Å². The second-order valence-electron chi connectivity index (χ2n) is 8.80. The van der Waals surface area contributed by atoms with Crippen molar-refractivity contribution in [3.8, 4) is 17.2 Å². The fraction of sp³-hybridized carbons (Fsp3) is 0.100. The zero-order chi connectivity index (χ0) is 25.9. The molecule has 0 saturated carbocycles. The average Bonchev–Trinajstić information content (AvgIpc) is 3.33. The lowest BCUT2D eigenvalue weighted by molar-refractivity contribution is 0.0726. The maximum atomic E-state index is 13.6. The molecule has 0 spiro atoms. The highest BCUT2D eigenvalue weighted by Gasteiger charge is 2.20. The molecule has 37 heavy (non-hydrogen) atoms. The fourth-order valence-electron chi connectivity index (χ4n) is 4.43. The highest BCUT2D eigenvalue weighted by atomic mass is 35.5. The van der Waals surface area contributed by atoms with Crippen molar-refractivity contribution in [1.29, 1.82) is 5.26 Å². The number of aromatic nitrogens is 2. The number of amides is 1. The van der Waals surface area contributed by atoms with Gasteiger partial charge in [-0.3, -0.25) is 4.79 Å². The molecule has 0 aliphatic rings. The Morgan fingerprint density at radius 3 is 2.51 bits per heavy atom. The normalized spacial score (nSPS) is 10.9. The summed E-state index contributed by atoms with van der Waals surface area (Å²) in [6, 6.07) is 27.1. The summed E-state index contributed by atoms with van der Waals surface area (Å²) in [6.07, 6.45) is 3.45. The van der Waals surface area contributed by atoms with Gasteiger partial charge in [-0.2, -0.15) is 5.26 Å². The van der Waals surface area contributed by atoms with Crippen molar-refractivity contribution in [2.24, 2.45) is 7.05 Å². The Hall–Kier alpha value is -4.11. The molecule has 0 aliphatic carbocycles. The smallest absolute Gasteiger partial charge is 0.254 e. The van der Waals surface area contributed by atoms with Crippen molar-refractivity contribution in [3.63, 3.8) is 0 Å². The third-order valence-electron chi connectivity index (χ3n) is 6.38. The number of benzene rings is 4. The Morgan fingerprint density at radius 2 is 1.76 bits per heavy atom. The molecule has 7 heteroatoms. The number of carbonyl (C=O) groups is 1. The summed E-state index contributed by atoms with van der Waals surface area (Å²) >= 11 is 12.3. The minimum Gasteiger partial charge on any atom is -0.336 e. The summed E-state index contributed by atoms with van der Waals surface area (Å²) in [5.41, 5.74) is 4.62. The number of fused-ring (bicyclic) bond motifs is 1. The molecule has 0 saturated heterocycles. The standard InChI is InChI=1S/C30H22Cl2N4O/c1-35-19-34-16-24(35)18-36(30(37)22-11-12-28(31)29(32)14-22)17-20-9-10-23(15-33)27(13-20)26-8-4-6-21-5-2-3-7-25(21)26/h2-14,16,19H,17-18H2,1H3. The third kappa shape index (κ3) is 5.08. The fourth-order valence-corrected chi connectivity index (χ4v) is 4.73. The summed E-state index contributed by atoms with van der Waals surface area (Å²) in [5, 5.41) is 12.7. The highest BCUT2D eigenvalue weighted by Crippen LogP contribution is 2.32. The molecule has 1 aromatic heterocycles. The average molecular weight is 525 g/mol. The topological polar surface area (TPSA) is 61.9 Å². The summed E-state index contributed by atoms with van der Waals surface area (Å²) in [6.45, 7) is 0.674. The number of halogens is 2. The predicted octanol–water partition coefficient (Wildman–Crippen LogP) is 7.26. The van der Waals surface area contributed by atoms with Crippen molar-refractivity contribution in [2.45, 2.75) is 13.1 Å². The number of hydrogen-bond donors (Lipinski definition) is 0. The molecule has 0 unspecified atom stereocenters. The minimum atomic E-state index is -0.184. The molecule has 5 nitrogen and oxygen atoms in total. The first-order valence-electron chi connectivity index (χ1n) is 11.7. The molecule has 5 aromatic rings. The summed E-state index contributed by atoms with van der Waals surface area (Å²) in [4.78, 5) is 19.6. The molecule has 5 rings (SSSR count). The molecule has 0 fully saturated rings. The monoisotopic (exact) mass is 524 g/mol. The number of hydrogen-bond acceptors (Lipinski definition) is 3. The van der Waals surface area contributed by atoms with Crippen LogP contribution in [0, 0.1) is 11.3 Å². The number of rotatable bonds is 6. The lowest BCUT2D eigenvalue weighted by atomic mass is 9.93. The van der Waals surface area contributed by atoms with Crippen LogP contribution in [0.5, 0.6) is 0 Å². The van der Waals surface area contributed by atoms with Crippen LogP contribution in [-0.4, -0.2) is 20.4 Å². The molecular formula is C30H22Cl2N4O. The van der Waals surface area contributed by atoms with Gasteiger partial charge in [-0.1, -0.05) is 71.7 Å². The van der Waals surface area contributed by atoms with Crippen LogP contribution in [0.2, 0.25) is 10.0 Å². The first-order valence-corrected chi connectivity index (χ1v) is 12.4. The van der Waals surface area contributed by atoms with Gasteiger partial charge in [-0.25, -0.2) is 4.98 Å². The zero-order valence-corrected chi connectivity index (χ0v) is 21.5. The third-order valence-corrected chi connectivity index (χ3v) is 7.12. The molecular weight excluding hydrogens is 503 g/mol. The van der Waals surface area contributed by atoms with Gasteiger partial charge in [-0.05, 0) is 52.2 Å². The van der Waals surface area contributed by atoms with Crippen molar-refractivity contribution >= 4 is 39.9 Å². The van der Waals surface area contributed by atoms with Crippen molar-refractivity contribution in [2.75, 3.05) is 0 Å². The highest BCUT2D eigenvalue weighted by molar-refractivity contribution is 6.42. The molecule has 0 N–H and O–H groups in total. The predicted molar refractivity (Wildman–Crippen MR) is 147 cm³/mol. The first kappa shape index (κ1) is 24.6. The van der Waals surface area contributed by atoms with Gasteiger partial charge >= 0.3 is 0 Å². The van der Waals surface area contributed by atoms with E-state index in [9.17, 15) is 10.1 Å². The Bertz CT molecular complexity index is 1660. The zero-order valence-electron chi connectivity index (χ0n) is 20.0. The Labute approximate surface area is 225 Å². The maximum absolute atomic E-state index is 13.6. The number of aryl methyl sites for hydroxylation is 1. The van der Waals surface area contributed by atoms with E-state index >= 15 is 0 Å². The Morgan fingerprint density at radius 1 is 0.946 bits per heavy atom. The number of nitrogens with zero attached hydrogens (tertiary/aromatic N) is 4. The first-order chi connectivity index (χ1) is 17.9. The van der Waals surface area contributed by atoms with Crippen LogP contribution in [0.1, 0.15) is 27.2 Å². The van der Waals surface area contributed by atoms with E-state index in [1.54, 1.807) is 35.6 Å². The van der Waals surface area contributed by atoms with Gasteiger partial charge in [0.1, 0.15) is 0 Å². The molecule has 182 valence electrons. The van der Waals surface area contributed by atoms with E-state index in [0.29, 0.717) is 34.3 Å². The van der Waals surface area contributed by atoms with Crippen LogP contribution in [0.4, 0.5) is 0 Å². The van der Waals surface area contributed by atoms with Crippen LogP contribution < -0.4 is 0 Å². The van der Waals surface area contributed by atoms with Crippen LogP contribution in [-0.2, 0) is 20.1 Å². The van der Waals surface area contributed by atoms with Crippen LogP contribution >= 0.6 is 23.2 Å². The SMILES string of the molecule is Cn1cncc1CN(Cc1ccc(C#N)c(-c2cccc3ccccc23)c1)C(=O)c1ccc(Cl)c(Cl)c1. The van der Waals surface area contributed by atoms with Gasteiger partial charge in [-0.15, -0.1) is 0 Å². The molecule has 0 atom stereocenters. The number of nitriles is 1. The molecule has 1 heterocycles. The quantitative estimate of drug-likeness (QED) is 0.234. The summed E-state index contributed by atoms with van der Waals surface area (Å²) in [7, 11) is 1.89. The molecule has 0 bridgehead atoms. The Balaban J connectivity index is 1.56. The minimum absolute atomic E-state index is 0.184. The Kier molecular flexibility index (Phi) is 6.96. The molecule has 1 amide bonds. The van der Waals surface area contributed by atoms with Crippen LogP contribution in [0.25, 0.3) is 21.9 Å². The maximum Gasteiger partial charge on any atom is 0.254 e. The van der Waals surface area contributed by atoms with E-state index in [4.69, 9.17) is 23.2 Å². The lowest BCUT2D eigenvalue weighted by Crippen LogP contribution is -2.31. The number of carbonyl (C=O) groups excluding carboxylic acids is 1. The van der Waals surface area contributed by atoms with Gasteiger partial charge in [0, 0.05) is 30.9 Å². The van der Waals surface area contributed by atoms with E-state index in [0.717, 1.165) is 33.2 Å². The van der Waals surface area contributed by atoms with Gasteiger partial charge in [0.25, 0.3) is 5.91 Å². The van der Waals surface area contributed by atoms with E-state index in [2.05, 4.69) is 29.3 Å². The van der Waals surface area contributed by atoms with Crippen molar-refractivity contribution < 1.29 is 4.79 Å². The van der Waals surface area contributed by atoms with E-state index in [1.165, 1.54) is 0 Å². The van der Waals surface area contributed by atoms with Crippen molar-refractivity contribution in [1.82, 2.24) is 14.5 Å². The summed E-state index contributed by atoms with van der Waals surface area (Å²) in [5.74, 6) is -0.184. The lowest BCUT2D eigenvalue weighted by Gasteiger charge is -2.24. The molecule has 4 aromatic carbocycles. The van der Waals surface area contributed by atoms with Crippen LogP contribution in [0.3, 0.4) is 0 Å². The van der Waals surface area contributed by atoms with Gasteiger partial charge in [0.15, 0.2) is 0 Å². The second-order valence-corrected chi connectivity index (χ2v) is 9.62. The van der Waals surface area contributed by atoms with E-state index in [1.807, 2.05) is 54.1 Å². The summed E-state index contributed by atoms with van der Waals surface area (Å²) < 4.78 is 1.88. The largest absolute Gasteiger partial charge is 0.336 e. The van der Waals surface area contributed by atoms with E-state index in [-0.39, 0.29) is 5.91 Å². The molecule has 0 radical (unpaired) electrons. The molecule has 0 aliphatic heterocycles. The van der Waals surface area contributed by atoms with Gasteiger partial charge < -0.3 is 9.47 Å². The van der Waals surface area contributed by atoms with Gasteiger partial charge in [0.05, 0.1) is 40.2 Å². The number of imidazole rings is 1. The van der Waals surface area contributed by atoms with Crippen molar-refractivity contribution in [3.05, 3.63) is 124 Å². The van der Waals surface area contributed by atoms with Gasteiger partial charge in [0.2, 0.25) is 0 Å².